The van der Waals surface area contributed by atoms with Gasteiger partial charge in [-0.25, -0.2) is 4.79 Å². The van der Waals surface area contributed by atoms with Crippen LogP contribution in [0.5, 0.6) is 5.75 Å². The average molecular weight is 227 g/mol. The molecule has 0 radical (unpaired) electrons. The van der Waals surface area contributed by atoms with E-state index in [1.165, 1.54) is 12.1 Å². The summed E-state index contributed by atoms with van der Waals surface area (Å²) in [6.45, 7) is -0.370. The number of hydrogen-bond donors (Lipinski definition) is 2. The summed E-state index contributed by atoms with van der Waals surface area (Å²) >= 11 is 0. The summed E-state index contributed by atoms with van der Waals surface area (Å²) in [6, 6.07) is 3.30. The number of nitro groups is 1. The van der Waals surface area contributed by atoms with Crippen LogP contribution in [-0.2, 0) is 0 Å². The zero-order valence-corrected chi connectivity index (χ0v) is 8.12. The molecule has 0 fully saturated rings. The number of aliphatic hydroxyl groups is 1. The van der Waals surface area contributed by atoms with Gasteiger partial charge in [0.2, 0.25) is 0 Å². The highest BCUT2D eigenvalue weighted by Gasteiger charge is 2.18. The third-order valence-corrected chi connectivity index (χ3v) is 1.75. The van der Waals surface area contributed by atoms with Crippen LogP contribution in [0.2, 0.25) is 0 Å². The number of rotatable bonds is 5. The van der Waals surface area contributed by atoms with Crippen molar-refractivity contribution in [1.82, 2.24) is 0 Å². The lowest BCUT2D eigenvalue weighted by Gasteiger charge is -2.05. The van der Waals surface area contributed by atoms with Gasteiger partial charge < -0.3 is 14.9 Å². The molecule has 7 nitrogen and oxygen atoms in total. The maximum Gasteiger partial charge on any atom is 0.335 e. The molecule has 0 aliphatic rings. The summed E-state index contributed by atoms with van der Waals surface area (Å²) in [4.78, 5) is 20.5. The Hall–Kier alpha value is -2.15. The largest absolute Gasteiger partial charge is 0.484 e. The third-order valence-electron chi connectivity index (χ3n) is 1.75. The first-order chi connectivity index (χ1) is 7.56. The van der Waals surface area contributed by atoms with Crippen LogP contribution in [0, 0.1) is 10.1 Å². The Morgan fingerprint density at radius 1 is 1.50 bits per heavy atom. The molecule has 86 valence electrons. The molecular formula is C9H9NO6. The van der Waals surface area contributed by atoms with E-state index in [-0.39, 0.29) is 24.5 Å². The minimum Gasteiger partial charge on any atom is -0.484 e. The van der Waals surface area contributed by atoms with Gasteiger partial charge in [0.1, 0.15) is 6.61 Å². The lowest BCUT2D eigenvalue weighted by molar-refractivity contribution is -0.385. The summed E-state index contributed by atoms with van der Waals surface area (Å²) in [6.07, 6.45) is 0. The summed E-state index contributed by atoms with van der Waals surface area (Å²) < 4.78 is 4.90. The molecule has 7 heteroatoms. The number of carbonyl (C=O) groups is 1. The lowest BCUT2D eigenvalue weighted by atomic mass is 10.2. The molecule has 0 saturated carbocycles. The number of carboxylic acids is 1. The molecule has 0 unspecified atom stereocenters. The van der Waals surface area contributed by atoms with E-state index in [9.17, 15) is 14.9 Å². The summed E-state index contributed by atoms with van der Waals surface area (Å²) in [7, 11) is 0. The van der Waals surface area contributed by atoms with Crippen LogP contribution in [-0.4, -0.2) is 34.3 Å². The van der Waals surface area contributed by atoms with E-state index < -0.39 is 16.6 Å². The van der Waals surface area contributed by atoms with E-state index in [2.05, 4.69) is 0 Å². The summed E-state index contributed by atoms with van der Waals surface area (Å²) in [5.74, 6) is -1.32. The van der Waals surface area contributed by atoms with Crippen molar-refractivity contribution in [2.75, 3.05) is 13.2 Å². The van der Waals surface area contributed by atoms with Crippen molar-refractivity contribution < 1.29 is 24.7 Å². The van der Waals surface area contributed by atoms with E-state index in [1.54, 1.807) is 0 Å². The third kappa shape index (κ3) is 2.67. The fraction of sp³-hybridized carbons (Fsp3) is 0.222. The van der Waals surface area contributed by atoms with Crippen LogP contribution in [0.25, 0.3) is 0 Å². The van der Waals surface area contributed by atoms with Crippen LogP contribution in [0.15, 0.2) is 18.2 Å². The molecule has 0 aromatic heterocycles. The van der Waals surface area contributed by atoms with Gasteiger partial charge in [-0.15, -0.1) is 0 Å². The highest BCUT2D eigenvalue weighted by atomic mass is 16.6. The van der Waals surface area contributed by atoms with Crippen molar-refractivity contribution in [3.8, 4) is 5.75 Å². The normalized spacial score (nSPS) is 9.81. The predicted octanol–water partition coefficient (Wildman–Crippen LogP) is 0.664. The van der Waals surface area contributed by atoms with Crippen molar-refractivity contribution >= 4 is 11.7 Å². The smallest absolute Gasteiger partial charge is 0.335 e. The van der Waals surface area contributed by atoms with Crippen molar-refractivity contribution in [3.05, 3.63) is 33.9 Å². The molecule has 2 N–H and O–H groups in total. The molecule has 1 aromatic carbocycles. The Bertz CT molecular complexity index is 416. The SMILES string of the molecule is O=C(O)c1ccc(OCCO)c([N+](=O)[O-])c1. The van der Waals surface area contributed by atoms with Crippen LogP contribution in [0.3, 0.4) is 0 Å². The Labute approximate surface area is 90.0 Å². The fourth-order valence-corrected chi connectivity index (χ4v) is 1.07. The molecule has 1 aromatic rings. The number of nitro benzene ring substituents is 1. The topological polar surface area (TPSA) is 110 Å². The standard InChI is InChI=1S/C9H9NO6/c11-3-4-16-8-2-1-6(9(12)13)5-7(8)10(14)15/h1-2,5,11H,3-4H2,(H,12,13). The van der Waals surface area contributed by atoms with E-state index in [4.69, 9.17) is 14.9 Å². The first-order valence-corrected chi connectivity index (χ1v) is 4.31. The second-order valence-corrected chi connectivity index (χ2v) is 2.82. The van der Waals surface area contributed by atoms with E-state index in [1.807, 2.05) is 0 Å². The van der Waals surface area contributed by atoms with Gasteiger partial charge in [-0.1, -0.05) is 0 Å². The quantitative estimate of drug-likeness (QED) is 0.564. The van der Waals surface area contributed by atoms with Gasteiger partial charge in [0.25, 0.3) is 0 Å². The number of benzene rings is 1. The highest BCUT2D eigenvalue weighted by molar-refractivity contribution is 5.88. The van der Waals surface area contributed by atoms with Gasteiger partial charge in [0.05, 0.1) is 17.1 Å². The van der Waals surface area contributed by atoms with E-state index in [0.717, 1.165) is 6.07 Å². The summed E-state index contributed by atoms with van der Waals surface area (Å²) in [5.41, 5.74) is -0.628. The number of carboxylic acid groups (broad SMARTS) is 1. The molecule has 0 saturated heterocycles. The molecule has 0 aliphatic carbocycles. The highest BCUT2D eigenvalue weighted by Crippen LogP contribution is 2.27. The number of nitrogens with zero attached hydrogens (tertiary/aromatic N) is 1. The van der Waals surface area contributed by atoms with Gasteiger partial charge in [0, 0.05) is 6.07 Å². The minimum absolute atomic E-state index is 0.0657. The zero-order chi connectivity index (χ0) is 12.1. The van der Waals surface area contributed by atoms with E-state index in [0.29, 0.717) is 0 Å². The fourth-order valence-electron chi connectivity index (χ4n) is 1.07. The second-order valence-electron chi connectivity index (χ2n) is 2.82. The molecule has 1 rings (SSSR count). The predicted molar refractivity (Wildman–Crippen MR) is 52.6 cm³/mol. The number of aromatic carboxylic acids is 1. The molecule has 0 amide bonds. The Kier molecular flexibility index (Phi) is 3.78. The summed E-state index contributed by atoms with van der Waals surface area (Å²) in [5, 5.41) is 27.8. The second kappa shape index (κ2) is 5.08. The monoisotopic (exact) mass is 227 g/mol. The Balaban J connectivity index is 3.09. The minimum atomic E-state index is -1.25. The first-order valence-electron chi connectivity index (χ1n) is 4.31. The molecule has 0 atom stereocenters. The van der Waals surface area contributed by atoms with Gasteiger partial charge in [-0.05, 0) is 12.1 Å². The Morgan fingerprint density at radius 3 is 2.69 bits per heavy atom. The molecule has 0 bridgehead atoms. The molecule has 0 spiro atoms. The van der Waals surface area contributed by atoms with Crippen molar-refractivity contribution in [1.29, 1.82) is 0 Å². The molecule has 16 heavy (non-hydrogen) atoms. The van der Waals surface area contributed by atoms with Crippen LogP contribution >= 0.6 is 0 Å². The van der Waals surface area contributed by atoms with Crippen molar-refractivity contribution in [3.63, 3.8) is 0 Å². The van der Waals surface area contributed by atoms with Crippen molar-refractivity contribution in [2.24, 2.45) is 0 Å². The number of aliphatic hydroxyl groups excluding tert-OH is 1. The molecule has 0 heterocycles. The van der Waals surface area contributed by atoms with Crippen LogP contribution < -0.4 is 4.74 Å². The van der Waals surface area contributed by atoms with Gasteiger partial charge in [-0.3, -0.25) is 10.1 Å². The van der Waals surface area contributed by atoms with Crippen LogP contribution in [0.1, 0.15) is 10.4 Å². The van der Waals surface area contributed by atoms with Crippen LogP contribution in [0.4, 0.5) is 5.69 Å². The lowest BCUT2D eigenvalue weighted by Crippen LogP contribution is -2.05. The van der Waals surface area contributed by atoms with Crippen molar-refractivity contribution in [2.45, 2.75) is 0 Å². The van der Waals surface area contributed by atoms with E-state index >= 15 is 0 Å². The Morgan fingerprint density at radius 2 is 2.19 bits per heavy atom. The maximum absolute atomic E-state index is 10.6. The van der Waals surface area contributed by atoms with Gasteiger partial charge >= 0.3 is 11.7 Å². The van der Waals surface area contributed by atoms with Gasteiger partial charge in [0.15, 0.2) is 5.75 Å². The molecule has 0 aliphatic heterocycles. The number of ether oxygens (including phenoxy) is 1. The first kappa shape index (κ1) is 11.9. The van der Waals surface area contributed by atoms with Gasteiger partial charge in [-0.2, -0.15) is 0 Å². The zero-order valence-electron chi connectivity index (χ0n) is 8.12. The maximum atomic E-state index is 10.6. The number of hydrogen-bond acceptors (Lipinski definition) is 5. The average Bonchev–Trinajstić information content (AvgIpc) is 2.25. The molecular weight excluding hydrogens is 218 g/mol.